The largest absolute Gasteiger partial charge is 0.329 e. The molecule has 27 heavy (non-hydrogen) atoms. The van der Waals surface area contributed by atoms with Crippen molar-refractivity contribution < 1.29 is 9.59 Å². The van der Waals surface area contributed by atoms with Crippen LogP contribution in [0.5, 0.6) is 0 Å². The zero-order valence-corrected chi connectivity index (χ0v) is 16.3. The van der Waals surface area contributed by atoms with Crippen molar-refractivity contribution in [3.63, 3.8) is 0 Å². The van der Waals surface area contributed by atoms with E-state index in [2.05, 4.69) is 24.1 Å². The lowest BCUT2D eigenvalue weighted by atomic mass is 10.1. The van der Waals surface area contributed by atoms with Crippen molar-refractivity contribution >= 4 is 39.1 Å². The van der Waals surface area contributed by atoms with Gasteiger partial charge in [0.05, 0.1) is 0 Å². The van der Waals surface area contributed by atoms with Crippen LogP contribution in [0.15, 0.2) is 54.0 Å². The maximum Gasteiger partial charge on any atom is 0.254 e. The Morgan fingerprint density at radius 3 is 2.63 bits per heavy atom. The molecule has 0 radical (unpaired) electrons. The van der Waals surface area contributed by atoms with Crippen molar-refractivity contribution in [1.82, 2.24) is 9.88 Å². The maximum absolute atomic E-state index is 13.1. The molecular formula is C21H23N3O2S. The third kappa shape index (κ3) is 5.14. The van der Waals surface area contributed by atoms with Crippen LogP contribution in [0.3, 0.4) is 0 Å². The number of benzene rings is 2. The van der Waals surface area contributed by atoms with E-state index in [0.717, 1.165) is 17.2 Å². The highest BCUT2D eigenvalue weighted by Gasteiger charge is 2.20. The van der Waals surface area contributed by atoms with Gasteiger partial charge in [-0.1, -0.05) is 44.2 Å². The molecule has 0 atom stereocenters. The van der Waals surface area contributed by atoms with Crippen LogP contribution in [-0.2, 0) is 4.79 Å². The number of thiazole rings is 1. The summed E-state index contributed by atoms with van der Waals surface area (Å²) in [5.74, 6) is 0.0810. The van der Waals surface area contributed by atoms with E-state index in [1.807, 2.05) is 42.5 Å². The number of rotatable bonds is 7. The van der Waals surface area contributed by atoms with Gasteiger partial charge in [0.25, 0.3) is 5.91 Å². The van der Waals surface area contributed by atoms with Crippen molar-refractivity contribution in [2.75, 3.05) is 18.4 Å². The number of anilines is 1. The smallest absolute Gasteiger partial charge is 0.254 e. The number of hydrogen-bond donors (Lipinski definition) is 1. The van der Waals surface area contributed by atoms with Gasteiger partial charge in [-0.25, -0.2) is 4.98 Å². The number of carbonyl (C=O) groups is 2. The summed E-state index contributed by atoms with van der Waals surface area (Å²) in [6.45, 7) is 4.76. The summed E-state index contributed by atoms with van der Waals surface area (Å²) < 4.78 is 0. The van der Waals surface area contributed by atoms with Crippen LogP contribution in [0.1, 0.15) is 30.6 Å². The third-order valence-corrected chi connectivity index (χ3v) is 4.96. The van der Waals surface area contributed by atoms with Crippen molar-refractivity contribution in [1.29, 1.82) is 0 Å². The molecule has 3 aromatic rings. The molecule has 0 aliphatic carbocycles. The lowest BCUT2D eigenvalue weighted by Gasteiger charge is -2.23. The van der Waals surface area contributed by atoms with Gasteiger partial charge < -0.3 is 10.2 Å². The van der Waals surface area contributed by atoms with E-state index in [1.165, 1.54) is 11.3 Å². The van der Waals surface area contributed by atoms with Crippen molar-refractivity contribution in [3.05, 3.63) is 59.6 Å². The summed E-state index contributed by atoms with van der Waals surface area (Å²) in [6, 6.07) is 13.6. The van der Waals surface area contributed by atoms with Crippen molar-refractivity contribution in [3.8, 4) is 0 Å². The number of amides is 2. The Hall–Kier alpha value is -2.73. The molecule has 5 nitrogen and oxygen atoms in total. The van der Waals surface area contributed by atoms with E-state index in [1.54, 1.807) is 16.5 Å². The zero-order valence-electron chi connectivity index (χ0n) is 15.5. The van der Waals surface area contributed by atoms with Gasteiger partial charge in [0.15, 0.2) is 5.13 Å². The molecule has 1 N–H and O–H groups in total. The average molecular weight is 382 g/mol. The molecule has 0 spiro atoms. The minimum Gasteiger partial charge on any atom is -0.329 e. The van der Waals surface area contributed by atoms with Crippen LogP contribution in [-0.4, -0.2) is 34.8 Å². The second-order valence-corrected chi connectivity index (χ2v) is 7.75. The zero-order chi connectivity index (χ0) is 19.2. The van der Waals surface area contributed by atoms with Crippen molar-refractivity contribution in [2.24, 2.45) is 5.92 Å². The Balaban J connectivity index is 1.77. The highest BCUT2D eigenvalue weighted by Crippen LogP contribution is 2.18. The number of aromatic nitrogens is 1. The Morgan fingerprint density at radius 2 is 1.93 bits per heavy atom. The number of hydrogen-bond acceptors (Lipinski definition) is 4. The predicted octanol–water partition coefficient (Wildman–Crippen LogP) is 4.42. The first kappa shape index (κ1) is 19.0. The molecule has 1 heterocycles. The lowest BCUT2D eigenvalue weighted by Crippen LogP contribution is -2.39. The fourth-order valence-corrected chi connectivity index (χ4v) is 3.33. The van der Waals surface area contributed by atoms with E-state index in [0.29, 0.717) is 23.2 Å². The number of nitrogens with one attached hydrogen (secondary N) is 1. The van der Waals surface area contributed by atoms with Crippen LogP contribution in [0.4, 0.5) is 5.13 Å². The highest BCUT2D eigenvalue weighted by atomic mass is 32.1. The lowest BCUT2D eigenvalue weighted by molar-refractivity contribution is -0.116. The van der Waals surface area contributed by atoms with Gasteiger partial charge in [-0.15, -0.1) is 11.3 Å². The number of fused-ring (bicyclic) bond motifs is 1. The first-order valence-electron chi connectivity index (χ1n) is 9.00. The Bertz CT molecular complexity index is 922. The van der Waals surface area contributed by atoms with E-state index >= 15 is 0 Å². The monoisotopic (exact) mass is 381 g/mol. The molecule has 6 heteroatoms. The molecule has 0 bridgehead atoms. The molecule has 0 aliphatic rings. The van der Waals surface area contributed by atoms with Gasteiger partial charge in [0, 0.05) is 23.7 Å². The second-order valence-electron chi connectivity index (χ2n) is 6.86. The van der Waals surface area contributed by atoms with Crippen LogP contribution in [0.25, 0.3) is 10.8 Å². The van der Waals surface area contributed by atoms with Crippen molar-refractivity contribution in [2.45, 2.75) is 20.3 Å². The van der Waals surface area contributed by atoms with Gasteiger partial charge in [0.1, 0.15) is 6.54 Å². The molecule has 140 valence electrons. The second kappa shape index (κ2) is 8.77. The van der Waals surface area contributed by atoms with Gasteiger partial charge in [-0.3, -0.25) is 9.59 Å². The Morgan fingerprint density at radius 1 is 1.15 bits per heavy atom. The first-order chi connectivity index (χ1) is 13.0. The highest BCUT2D eigenvalue weighted by molar-refractivity contribution is 7.13. The number of nitrogens with zero attached hydrogens (tertiary/aromatic N) is 2. The molecule has 0 saturated heterocycles. The van der Waals surface area contributed by atoms with E-state index < -0.39 is 0 Å². The molecule has 3 rings (SSSR count). The van der Waals surface area contributed by atoms with Crippen LogP contribution in [0.2, 0.25) is 0 Å². The van der Waals surface area contributed by atoms with Crippen LogP contribution >= 0.6 is 11.3 Å². The molecule has 2 amide bonds. The van der Waals surface area contributed by atoms with Gasteiger partial charge in [-0.2, -0.15) is 0 Å². The van der Waals surface area contributed by atoms with Gasteiger partial charge >= 0.3 is 0 Å². The first-order valence-corrected chi connectivity index (χ1v) is 9.88. The minimum atomic E-state index is -0.233. The molecule has 0 saturated carbocycles. The Labute approximate surface area is 163 Å². The summed E-state index contributed by atoms with van der Waals surface area (Å²) in [5.41, 5.74) is 0.597. The SMILES string of the molecule is CC(C)CCN(CC(=O)Nc1nccs1)C(=O)c1ccc2ccccc2c1. The normalized spacial score (nSPS) is 10.9. The summed E-state index contributed by atoms with van der Waals surface area (Å²) in [4.78, 5) is 31.1. The standard InChI is InChI=1S/C21H23N3O2S/c1-15(2)9-11-24(14-19(25)23-21-22-10-12-27-21)20(26)18-8-7-16-5-3-4-6-17(16)13-18/h3-8,10,12-13,15H,9,11,14H2,1-2H3,(H,22,23,25). The van der Waals surface area contributed by atoms with Crippen LogP contribution < -0.4 is 5.32 Å². The maximum atomic E-state index is 13.1. The fourth-order valence-electron chi connectivity index (χ4n) is 2.79. The average Bonchev–Trinajstić information content (AvgIpc) is 3.17. The molecule has 2 aromatic carbocycles. The molecule has 0 aliphatic heterocycles. The van der Waals surface area contributed by atoms with Gasteiger partial charge in [0.2, 0.25) is 5.91 Å². The summed E-state index contributed by atoms with van der Waals surface area (Å²) in [7, 11) is 0. The minimum absolute atomic E-state index is 0.0119. The Kier molecular flexibility index (Phi) is 6.19. The molecule has 1 aromatic heterocycles. The fraction of sp³-hybridized carbons (Fsp3) is 0.286. The van der Waals surface area contributed by atoms with Crippen LogP contribution in [0, 0.1) is 5.92 Å². The molecule has 0 fully saturated rings. The topological polar surface area (TPSA) is 62.3 Å². The van der Waals surface area contributed by atoms with E-state index in [4.69, 9.17) is 0 Å². The predicted molar refractivity (Wildman–Crippen MR) is 110 cm³/mol. The molecule has 0 unspecified atom stereocenters. The quantitative estimate of drug-likeness (QED) is 0.659. The van der Waals surface area contributed by atoms with Gasteiger partial charge in [-0.05, 0) is 35.2 Å². The summed E-state index contributed by atoms with van der Waals surface area (Å²) in [5, 5.41) is 7.19. The number of carbonyl (C=O) groups excluding carboxylic acids is 2. The van der Waals surface area contributed by atoms with E-state index in [9.17, 15) is 9.59 Å². The van der Waals surface area contributed by atoms with E-state index in [-0.39, 0.29) is 18.4 Å². The summed E-state index contributed by atoms with van der Waals surface area (Å²) >= 11 is 1.36. The molecular weight excluding hydrogens is 358 g/mol. The summed E-state index contributed by atoms with van der Waals surface area (Å²) in [6.07, 6.45) is 2.47. The third-order valence-electron chi connectivity index (χ3n) is 4.27.